The summed E-state index contributed by atoms with van der Waals surface area (Å²) in [6.07, 6.45) is 1.95. The molecule has 0 heterocycles. The Morgan fingerprint density at radius 2 is 1.82 bits per heavy atom. The van der Waals surface area contributed by atoms with E-state index in [9.17, 15) is 28.2 Å². The molecule has 0 spiro atoms. The highest BCUT2D eigenvalue weighted by Crippen LogP contribution is 2.43. The minimum absolute atomic E-state index is 0.0199. The molecule has 1 aromatic carbocycles. The van der Waals surface area contributed by atoms with Gasteiger partial charge in [-0.25, -0.2) is 0 Å². The standard InChI is InChI=1S/C24H31F3N2O3.C2H7N.CH3NO/c1-14-6-4-5-7-15-10-18-19(29(2)3)11-16(12-28-13-24(25,26)27)22(31)21(18)23(32)17(15)8-9-20(14)30;1-3-2;2-1-3/h8,11,15,28,30-31H,4-7,9-10,12-13H2,1-3H3;3H,1-2H3;1H,(H2,2,3)/b17-8+,20-14+;;. The number of nitrogens with one attached hydrogen (secondary N) is 2. The summed E-state index contributed by atoms with van der Waals surface area (Å²) in [6.45, 7) is 0.491. The fraction of sp³-hybridized carbons (Fsp3) is 0.556. The first kappa shape index (κ1) is 33.0. The number of primary amides is 1. The third-order valence-corrected chi connectivity index (χ3v) is 6.33. The summed E-state index contributed by atoms with van der Waals surface area (Å²) in [7, 11) is 7.38. The number of aliphatic hydroxyl groups excluding tert-OH is 1. The van der Waals surface area contributed by atoms with Crippen LogP contribution in [0, 0.1) is 5.92 Å². The van der Waals surface area contributed by atoms with Crippen LogP contribution in [0.25, 0.3) is 0 Å². The number of ketones is 1. The predicted molar refractivity (Wildman–Crippen MR) is 143 cm³/mol. The predicted octanol–water partition coefficient (Wildman–Crippen LogP) is 4.12. The van der Waals surface area contributed by atoms with Gasteiger partial charge < -0.3 is 31.5 Å². The molecule has 0 saturated heterocycles. The van der Waals surface area contributed by atoms with E-state index in [0.29, 0.717) is 12.0 Å². The molecule has 0 fully saturated rings. The van der Waals surface area contributed by atoms with Gasteiger partial charge in [-0.15, -0.1) is 0 Å². The number of halogens is 3. The Bertz CT molecular complexity index is 1020. The lowest BCUT2D eigenvalue weighted by molar-refractivity contribution is -0.125. The molecule has 0 saturated carbocycles. The number of hydrogen-bond acceptors (Lipinski definition) is 7. The number of aromatic hydroxyl groups is 1. The second kappa shape index (κ2) is 15.4. The van der Waals surface area contributed by atoms with Crippen LogP contribution in [0.2, 0.25) is 0 Å². The Morgan fingerprint density at radius 3 is 2.37 bits per heavy atom. The zero-order valence-corrected chi connectivity index (χ0v) is 22.8. The van der Waals surface area contributed by atoms with Gasteiger partial charge in [0.15, 0.2) is 5.78 Å². The van der Waals surface area contributed by atoms with Crippen LogP contribution in [0.15, 0.2) is 29.0 Å². The average molecular weight is 543 g/mol. The van der Waals surface area contributed by atoms with Crippen LogP contribution < -0.4 is 21.3 Å². The van der Waals surface area contributed by atoms with Gasteiger partial charge in [0.05, 0.1) is 17.9 Å². The van der Waals surface area contributed by atoms with Crippen molar-refractivity contribution in [2.75, 3.05) is 39.6 Å². The van der Waals surface area contributed by atoms with Crippen LogP contribution in [-0.4, -0.2) is 63.3 Å². The minimum Gasteiger partial charge on any atom is -0.512 e. The van der Waals surface area contributed by atoms with E-state index in [0.717, 1.165) is 42.5 Å². The first-order chi connectivity index (χ1) is 17.8. The molecular formula is C27H41F3N4O4. The molecule has 1 aromatic rings. The zero-order valence-electron chi connectivity index (χ0n) is 22.8. The van der Waals surface area contributed by atoms with E-state index in [4.69, 9.17) is 4.79 Å². The van der Waals surface area contributed by atoms with Gasteiger partial charge in [0, 0.05) is 43.9 Å². The molecule has 3 rings (SSSR count). The molecule has 0 aliphatic heterocycles. The Morgan fingerprint density at radius 1 is 1.21 bits per heavy atom. The van der Waals surface area contributed by atoms with Crippen molar-refractivity contribution < 1.29 is 33.0 Å². The molecule has 1 atom stereocenters. The number of allylic oxidation sites excluding steroid dienone is 3. The van der Waals surface area contributed by atoms with Gasteiger partial charge in [-0.3, -0.25) is 9.59 Å². The van der Waals surface area contributed by atoms with Crippen LogP contribution in [0.3, 0.4) is 0 Å². The quantitative estimate of drug-likeness (QED) is 0.362. The minimum atomic E-state index is -4.37. The van der Waals surface area contributed by atoms with Crippen molar-refractivity contribution in [1.29, 1.82) is 0 Å². The lowest BCUT2D eigenvalue weighted by Crippen LogP contribution is -2.30. The Balaban J connectivity index is 0.00000110. The number of hydrogen-bond donors (Lipinski definition) is 5. The van der Waals surface area contributed by atoms with Crippen molar-refractivity contribution in [1.82, 2.24) is 10.6 Å². The molecule has 2 aliphatic rings. The van der Waals surface area contributed by atoms with Crippen molar-refractivity contribution in [3.63, 3.8) is 0 Å². The summed E-state index contributed by atoms with van der Waals surface area (Å²) in [5.41, 5.74) is 7.53. The number of aliphatic hydroxyl groups is 1. The molecule has 2 aliphatic carbocycles. The van der Waals surface area contributed by atoms with Crippen LogP contribution in [0.5, 0.6) is 5.75 Å². The highest BCUT2D eigenvalue weighted by atomic mass is 19.4. The molecule has 0 radical (unpaired) electrons. The molecule has 6 N–H and O–H groups in total. The fourth-order valence-electron chi connectivity index (χ4n) is 4.59. The molecule has 1 unspecified atom stereocenters. The number of benzene rings is 1. The van der Waals surface area contributed by atoms with Gasteiger partial charge in [-0.1, -0.05) is 12.5 Å². The lowest BCUT2D eigenvalue weighted by Gasteiger charge is -2.32. The number of anilines is 1. The summed E-state index contributed by atoms with van der Waals surface area (Å²) in [6, 6.07) is 1.66. The Labute approximate surface area is 222 Å². The van der Waals surface area contributed by atoms with E-state index in [1.54, 1.807) is 12.1 Å². The van der Waals surface area contributed by atoms with Crippen LogP contribution in [0.1, 0.15) is 60.5 Å². The number of nitrogens with zero attached hydrogens (tertiary/aromatic N) is 1. The van der Waals surface area contributed by atoms with Gasteiger partial charge in [0.2, 0.25) is 6.41 Å². The molecule has 0 bridgehead atoms. The maximum Gasteiger partial charge on any atom is 0.401 e. The van der Waals surface area contributed by atoms with Crippen molar-refractivity contribution in [2.45, 2.75) is 58.2 Å². The van der Waals surface area contributed by atoms with E-state index in [1.807, 2.05) is 40.0 Å². The summed E-state index contributed by atoms with van der Waals surface area (Å²) in [5.74, 6) is -0.327. The van der Waals surface area contributed by atoms with Crippen molar-refractivity contribution in [2.24, 2.45) is 11.7 Å². The Hall–Kier alpha value is -3.05. The first-order valence-electron chi connectivity index (χ1n) is 12.5. The average Bonchev–Trinajstić information content (AvgIpc) is 2.82. The van der Waals surface area contributed by atoms with Crippen LogP contribution in [-0.2, 0) is 17.8 Å². The number of carbonyl (C=O) groups is 2. The normalized spacial score (nSPS) is 20.8. The van der Waals surface area contributed by atoms with Crippen LogP contribution >= 0.6 is 0 Å². The number of Topliss-reactive ketones (excluding diaryl/α,β-unsaturated/α-hetero) is 1. The lowest BCUT2D eigenvalue weighted by atomic mass is 9.74. The third kappa shape index (κ3) is 9.36. The molecule has 38 heavy (non-hydrogen) atoms. The Kier molecular flexibility index (Phi) is 13.4. The summed E-state index contributed by atoms with van der Waals surface area (Å²) in [5, 5.41) is 26.3. The number of alkyl halides is 3. The second-order valence-corrected chi connectivity index (χ2v) is 9.57. The van der Waals surface area contributed by atoms with Gasteiger partial charge in [-0.2, -0.15) is 13.2 Å². The maximum absolute atomic E-state index is 13.5. The highest BCUT2D eigenvalue weighted by Gasteiger charge is 2.35. The van der Waals surface area contributed by atoms with E-state index < -0.39 is 12.7 Å². The largest absolute Gasteiger partial charge is 0.512 e. The number of phenols is 1. The first-order valence-corrected chi connectivity index (χ1v) is 12.5. The van der Waals surface area contributed by atoms with Gasteiger partial charge in [0.25, 0.3) is 0 Å². The van der Waals surface area contributed by atoms with E-state index >= 15 is 0 Å². The number of amides is 1. The number of fused-ring (bicyclic) bond motifs is 2. The molecule has 214 valence electrons. The van der Waals surface area contributed by atoms with Gasteiger partial charge >= 0.3 is 6.18 Å². The molecule has 11 heteroatoms. The monoisotopic (exact) mass is 542 g/mol. The van der Waals surface area contributed by atoms with Crippen molar-refractivity contribution in [3.8, 4) is 5.75 Å². The number of rotatable bonds is 4. The number of nitrogens with two attached hydrogens (primary N) is 1. The fourth-order valence-corrected chi connectivity index (χ4v) is 4.59. The van der Waals surface area contributed by atoms with E-state index in [1.165, 1.54) is 0 Å². The van der Waals surface area contributed by atoms with Crippen LogP contribution in [0.4, 0.5) is 18.9 Å². The SMILES string of the molecule is C/C1=C(\O)C/C=C2/C(=O)c3c(O)c(CNCC(F)(F)F)cc(N(C)C)c3CC2CCCC1.CNC.NC=O. The molecular weight excluding hydrogens is 501 g/mol. The van der Waals surface area contributed by atoms with Gasteiger partial charge in [0.1, 0.15) is 5.75 Å². The number of phenolic OH excluding ortho intramolecular Hbond substituents is 1. The van der Waals surface area contributed by atoms with E-state index in [2.05, 4.69) is 16.4 Å². The molecule has 0 aromatic heterocycles. The third-order valence-electron chi connectivity index (χ3n) is 6.33. The van der Waals surface area contributed by atoms with Crippen molar-refractivity contribution in [3.05, 3.63) is 45.7 Å². The van der Waals surface area contributed by atoms with Gasteiger partial charge in [-0.05, 0) is 69.8 Å². The second-order valence-electron chi connectivity index (χ2n) is 9.57. The summed E-state index contributed by atoms with van der Waals surface area (Å²) >= 11 is 0. The zero-order chi connectivity index (χ0) is 29.0. The molecule has 8 nitrogen and oxygen atoms in total. The smallest absolute Gasteiger partial charge is 0.401 e. The number of carbonyl (C=O) groups excluding carboxylic acids is 2. The topological polar surface area (TPSA) is 128 Å². The van der Waals surface area contributed by atoms with Crippen molar-refractivity contribution >= 4 is 17.9 Å². The summed E-state index contributed by atoms with van der Waals surface area (Å²) in [4.78, 5) is 23.9. The summed E-state index contributed by atoms with van der Waals surface area (Å²) < 4.78 is 37.7. The highest BCUT2D eigenvalue weighted by molar-refractivity contribution is 6.14. The molecule has 1 amide bonds. The van der Waals surface area contributed by atoms with E-state index in [-0.39, 0.29) is 53.7 Å². The maximum atomic E-state index is 13.5.